The Balaban J connectivity index is 3.01. The molecule has 0 fully saturated rings. The number of aromatic hydroxyl groups is 1. The molecule has 1 amide bonds. The highest BCUT2D eigenvalue weighted by atomic mass is 16.3. The van der Waals surface area contributed by atoms with Gasteiger partial charge in [0.2, 0.25) is 0 Å². The number of carbonyl (C=O) groups excluding carboxylic acids is 1. The number of hydrogen-bond acceptors (Lipinski definition) is 3. The second-order valence-electron chi connectivity index (χ2n) is 4.05. The van der Waals surface area contributed by atoms with E-state index in [0.29, 0.717) is 24.3 Å². The molecule has 1 aromatic carbocycles. The Morgan fingerprint density at radius 3 is 2.71 bits per heavy atom. The predicted octanol–water partition coefficient (Wildman–Crippen LogP) is 2.01. The van der Waals surface area contributed by atoms with Crippen LogP contribution in [0.2, 0.25) is 0 Å². The summed E-state index contributed by atoms with van der Waals surface area (Å²) in [6, 6.07) is 4.37. The van der Waals surface area contributed by atoms with Crippen molar-refractivity contribution in [3.05, 3.63) is 35.9 Å². The minimum Gasteiger partial charge on any atom is -0.508 e. The van der Waals surface area contributed by atoms with E-state index >= 15 is 0 Å². The highest BCUT2D eigenvalue weighted by molar-refractivity contribution is 5.99. The molecular formula is C13H18N2O2. The molecule has 3 N–H and O–H groups in total. The summed E-state index contributed by atoms with van der Waals surface area (Å²) in [5.74, 6) is -0.155. The fourth-order valence-electron chi connectivity index (χ4n) is 1.55. The molecule has 4 nitrogen and oxygen atoms in total. The monoisotopic (exact) mass is 234 g/mol. The summed E-state index contributed by atoms with van der Waals surface area (Å²) in [6.07, 6.45) is 0. The van der Waals surface area contributed by atoms with Crippen LogP contribution >= 0.6 is 0 Å². The molecule has 0 saturated carbocycles. The van der Waals surface area contributed by atoms with E-state index in [1.807, 2.05) is 13.8 Å². The zero-order valence-electron chi connectivity index (χ0n) is 10.2. The van der Waals surface area contributed by atoms with Crippen molar-refractivity contribution in [1.29, 1.82) is 0 Å². The molecule has 0 aliphatic heterocycles. The molecule has 0 unspecified atom stereocenters. The van der Waals surface area contributed by atoms with Gasteiger partial charge in [-0.1, -0.05) is 12.2 Å². The number of rotatable bonds is 4. The van der Waals surface area contributed by atoms with Gasteiger partial charge in [-0.25, -0.2) is 0 Å². The number of nitrogen functional groups attached to an aromatic ring is 1. The molecule has 0 aromatic heterocycles. The lowest BCUT2D eigenvalue weighted by Crippen LogP contribution is -2.32. The molecule has 0 aliphatic rings. The number of likely N-dealkylation sites (N-methyl/N-ethyl adjacent to an activating group) is 1. The number of benzene rings is 1. The van der Waals surface area contributed by atoms with Crippen LogP contribution in [0, 0.1) is 0 Å². The van der Waals surface area contributed by atoms with Crippen LogP contribution in [-0.4, -0.2) is 29.0 Å². The van der Waals surface area contributed by atoms with Gasteiger partial charge in [-0.05, 0) is 32.0 Å². The number of phenolic OH excluding ortho intramolecular Hbond substituents is 1. The maximum absolute atomic E-state index is 12.2. The molecule has 92 valence electrons. The average Bonchev–Trinajstić information content (AvgIpc) is 2.28. The number of amides is 1. The van der Waals surface area contributed by atoms with E-state index in [4.69, 9.17) is 5.73 Å². The number of nitrogens with zero attached hydrogens (tertiary/aromatic N) is 1. The summed E-state index contributed by atoms with van der Waals surface area (Å²) in [7, 11) is 0. The zero-order chi connectivity index (χ0) is 13.0. The van der Waals surface area contributed by atoms with Crippen molar-refractivity contribution in [3.63, 3.8) is 0 Å². The number of phenols is 1. The Hall–Kier alpha value is -1.97. The van der Waals surface area contributed by atoms with E-state index in [2.05, 4.69) is 6.58 Å². The van der Waals surface area contributed by atoms with Crippen LogP contribution < -0.4 is 5.73 Å². The Kier molecular flexibility index (Phi) is 4.15. The van der Waals surface area contributed by atoms with Gasteiger partial charge in [-0.3, -0.25) is 4.79 Å². The summed E-state index contributed by atoms with van der Waals surface area (Å²) >= 11 is 0. The van der Waals surface area contributed by atoms with E-state index in [1.165, 1.54) is 18.2 Å². The first-order valence-corrected chi connectivity index (χ1v) is 5.47. The Morgan fingerprint density at radius 2 is 2.18 bits per heavy atom. The summed E-state index contributed by atoms with van der Waals surface area (Å²) in [4.78, 5) is 13.8. The fourth-order valence-corrected chi connectivity index (χ4v) is 1.55. The van der Waals surface area contributed by atoms with Crippen molar-refractivity contribution < 1.29 is 9.90 Å². The van der Waals surface area contributed by atoms with Gasteiger partial charge in [0.15, 0.2) is 0 Å². The fraction of sp³-hybridized carbons (Fsp3) is 0.308. The number of anilines is 1. The van der Waals surface area contributed by atoms with Gasteiger partial charge in [-0.15, -0.1) is 0 Å². The third-order valence-corrected chi connectivity index (χ3v) is 2.40. The Morgan fingerprint density at radius 1 is 1.53 bits per heavy atom. The maximum Gasteiger partial charge on any atom is 0.256 e. The summed E-state index contributed by atoms with van der Waals surface area (Å²) in [6.45, 7) is 8.60. The van der Waals surface area contributed by atoms with Crippen molar-refractivity contribution in [2.24, 2.45) is 0 Å². The lowest BCUT2D eigenvalue weighted by molar-refractivity contribution is 0.0779. The third-order valence-electron chi connectivity index (χ3n) is 2.40. The SMILES string of the molecule is C=C(C)CN(CC)C(=O)c1cc(O)ccc1N. The molecule has 0 radical (unpaired) electrons. The van der Waals surface area contributed by atoms with Crippen molar-refractivity contribution in [2.45, 2.75) is 13.8 Å². The maximum atomic E-state index is 12.2. The molecule has 1 aromatic rings. The molecule has 0 spiro atoms. The Labute approximate surface area is 101 Å². The predicted molar refractivity (Wildman–Crippen MR) is 68.9 cm³/mol. The number of hydrogen-bond donors (Lipinski definition) is 2. The summed E-state index contributed by atoms with van der Waals surface area (Å²) < 4.78 is 0. The van der Waals surface area contributed by atoms with Gasteiger partial charge in [0, 0.05) is 18.8 Å². The first-order valence-electron chi connectivity index (χ1n) is 5.47. The van der Waals surface area contributed by atoms with Gasteiger partial charge in [-0.2, -0.15) is 0 Å². The van der Waals surface area contributed by atoms with Crippen LogP contribution in [-0.2, 0) is 0 Å². The van der Waals surface area contributed by atoms with E-state index in [9.17, 15) is 9.90 Å². The standard InChI is InChI=1S/C13H18N2O2/c1-4-15(8-9(2)3)13(17)11-7-10(16)5-6-12(11)14/h5-7,16H,2,4,8,14H2,1,3H3. The summed E-state index contributed by atoms with van der Waals surface area (Å²) in [5.41, 5.74) is 7.33. The van der Waals surface area contributed by atoms with Crippen molar-refractivity contribution in [1.82, 2.24) is 4.90 Å². The smallest absolute Gasteiger partial charge is 0.256 e. The van der Waals surface area contributed by atoms with E-state index in [1.54, 1.807) is 4.90 Å². The lowest BCUT2D eigenvalue weighted by Gasteiger charge is -2.21. The third kappa shape index (κ3) is 3.24. The van der Waals surface area contributed by atoms with Gasteiger partial charge >= 0.3 is 0 Å². The van der Waals surface area contributed by atoms with Crippen molar-refractivity contribution >= 4 is 11.6 Å². The molecular weight excluding hydrogens is 216 g/mol. The van der Waals surface area contributed by atoms with Crippen LogP contribution in [0.5, 0.6) is 5.75 Å². The highest BCUT2D eigenvalue weighted by Crippen LogP contribution is 2.20. The van der Waals surface area contributed by atoms with E-state index in [0.717, 1.165) is 5.57 Å². The van der Waals surface area contributed by atoms with Crippen molar-refractivity contribution in [3.8, 4) is 5.75 Å². The summed E-state index contributed by atoms with van der Waals surface area (Å²) in [5, 5.41) is 9.38. The first kappa shape index (κ1) is 13.1. The Bertz CT molecular complexity index is 441. The quantitative estimate of drug-likeness (QED) is 0.476. The second kappa shape index (κ2) is 5.39. The van der Waals surface area contributed by atoms with Crippen LogP contribution in [0.4, 0.5) is 5.69 Å². The molecule has 0 saturated heterocycles. The van der Waals surface area contributed by atoms with Gasteiger partial charge in [0.05, 0.1) is 5.56 Å². The van der Waals surface area contributed by atoms with Crippen LogP contribution in [0.3, 0.4) is 0 Å². The molecule has 0 aliphatic carbocycles. The highest BCUT2D eigenvalue weighted by Gasteiger charge is 2.17. The molecule has 0 bridgehead atoms. The minimum atomic E-state index is -0.191. The average molecular weight is 234 g/mol. The van der Waals surface area contributed by atoms with E-state index in [-0.39, 0.29) is 11.7 Å². The van der Waals surface area contributed by atoms with Crippen LogP contribution in [0.15, 0.2) is 30.4 Å². The minimum absolute atomic E-state index is 0.0360. The van der Waals surface area contributed by atoms with Crippen LogP contribution in [0.25, 0.3) is 0 Å². The number of nitrogens with two attached hydrogens (primary N) is 1. The first-order chi connectivity index (χ1) is 7.95. The second-order valence-corrected chi connectivity index (χ2v) is 4.05. The normalized spacial score (nSPS) is 10.0. The van der Waals surface area contributed by atoms with Crippen LogP contribution in [0.1, 0.15) is 24.2 Å². The largest absolute Gasteiger partial charge is 0.508 e. The molecule has 0 atom stereocenters. The van der Waals surface area contributed by atoms with E-state index < -0.39 is 0 Å². The molecule has 4 heteroatoms. The topological polar surface area (TPSA) is 66.6 Å². The van der Waals surface area contributed by atoms with Gasteiger partial charge < -0.3 is 15.7 Å². The number of carbonyl (C=O) groups is 1. The molecule has 1 rings (SSSR count). The van der Waals surface area contributed by atoms with Gasteiger partial charge in [0.25, 0.3) is 5.91 Å². The van der Waals surface area contributed by atoms with Gasteiger partial charge in [0.1, 0.15) is 5.75 Å². The van der Waals surface area contributed by atoms with Crippen molar-refractivity contribution in [2.75, 3.05) is 18.8 Å². The zero-order valence-corrected chi connectivity index (χ0v) is 10.2. The molecule has 17 heavy (non-hydrogen) atoms. The molecule has 0 heterocycles. The lowest BCUT2D eigenvalue weighted by atomic mass is 10.1.